The van der Waals surface area contributed by atoms with Crippen LogP contribution in [0.4, 0.5) is 5.82 Å². The molecule has 0 radical (unpaired) electrons. The van der Waals surface area contributed by atoms with E-state index in [9.17, 15) is 8.42 Å². The second-order valence-electron chi connectivity index (χ2n) is 4.78. The molecule has 2 rings (SSSR count). The number of aromatic nitrogens is 2. The third-order valence-corrected chi connectivity index (χ3v) is 4.70. The van der Waals surface area contributed by atoms with Gasteiger partial charge in [-0.25, -0.2) is 13.4 Å². The number of piperidine rings is 1. The molecule has 4 N–H and O–H groups in total. The zero-order valence-corrected chi connectivity index (χ0v) is 11.4. The van der Waals surface area contributed by atoms with Crippen LogP contribution < -0.4 is 10.6 Å². The Hall–Kier alpha value is -1.12. The number of aromatic amines is 1. The van der Waals surface area contributed by atoms with Gasteiger partial charge in [0.1, 0.15) is 10.7 Å². The van der Waals surface area contributed by atoms with Crippen molar-refractivity contribution in [2.24, 2.45) is 0 Å². The molecular weight excluding hydrogens is 254 g/mol. The number of nitrogen functional groups attached to an aromatic ring is 1. The van der Waals surface area contributed by atoms with E-state index in [0.29, 0.717) is 0 Å². The number of sulfonamides is 1. The van der Waals surface area contributed by atoms with Gasteiger partial charge in [-0.3, -0.25) is 5.10 Å². The highest BCUT2D eigenvalue weighted by Gasteiger charge is 2.30. The first-order valence-corrected chi connectivity index (χ1v) is 7.50. The molecule has 1 aromatic rings. The Balaban J connectivity index is 2.20. The molecule has 0 saturated carbocycles. The number of nitrogens with two attached hydrogens (primary N) is 1. The van der Waals surface area contributed by atoms with Crippen LogP contribution >= 0.6 is 0 Å². The Bertz CT molecular complexity index is 502. The van der Waals surface area contributed by atoms with E-state index in [2.05, 4.69) is 15.0 Å². The summed E-state index contributed by atoms with van der Waals surface area (Å²) in [5.74, 6) is 0.0554. The molecule has 0 aliphatic carbocycles. The van der Waals surface area contributed by atoms with Gasteiger partial charge in [0.25, 0.3) is 10.0 Å². The lowest BCUT2D eigenvalue weighted by atomic mass is 10.0. The van der Waals surface area contributed by atoms with E-state index in [1.165, 1.54) is 6.20 Å². The molecule has 0 bridgehead atoms. The summed E-state index contributed by atoms with van der Waals surface area (Å²) in [6.07, 6.45) is 4.30. The van der Waals surface area contributed by atoms with Gasteiger partial charge in [0.05, 0.1) is 6.20 Å². The van der Waals surface area contributed by atoms with E-state index in [1.807, 2.05) is 13.8 Å². The van der Waals surface area contributed by atoms with Crippen molar-refractivity contribution in [3.05, 3.63) is 6.20 Å². The normalized spacial score (nSPS) is 26.3. The van der Waals surface area contributed by atoms with Gasteiger partial charge in [0, 0.05) is 12.1 Å². The Morgan fingerprint density at radius 2 is 2.06 bits per heavy atom. The molecule has 102 valence electrons. The molecule has 1 aromatic heterocycles. The van der Waals surface area contributed by atoms with Gasteiger partial charge in [-0.05, 0) is 26.7 Å². The molecular formula is C10H19N5O2S. The average molecular weight is 273 g/mol. The SMILES string of the molecule is CC1CCCC(C)N1NS(=O)(=O)c1cn[nH]c1N. The fraction of sp³-hybridized carbons (Fsp3) is 0.700. The van der Waals surface area contributed by atoms with Crippen LogP contribution in [0.1, 0.15) is 33.1 Å². The van der Waals surface area contributed by atoms with Crippen LogP contribution in [-0.2, 0) is 10.0 Å². The first-order valence-electron chi connectivity index (χ1n) is 6.01. The highest BCUT2D eigenvalue weighted by Crippen LogP contribution is 2.22. The minimum atomic E-state index is -3.66. The van der Waals surface area contributed by atoms with Gasteiger partial charge in [-0.2, -0.15) is 5.10 Å². The van der Waals surface area contributed by atoms with E-state index < -0.39 is 10.0 Å². The summed E-state index contributed by atoms with van der Waals surface area (Å²) in [6, 6.07) is 0.355. The monoisotopic (exact) mass is 273 g/mol. The Morgan fingerprint density at radius 1 is 1.44 bits per heavy atom. The third kappa shape index (κ3) is 2.50. The maximum absolute atomic E-state index is 12.2. The quantitative estimate of drug-likeness (QED) is 0.741. The summed E-state index contributed by atoms with van der Waals surface area (Å²) in [4.78, 5) is 2.60. The van der Waals surface area contributed by atoms with Crippen LogP contribution in [0, 0.1) is 0 Å². The lowest BCUT2D eigenvalue weighted by Gasteiger charge is -2.38. The molecule has 0 spiro atoms. The zero-order chi connectivity index (χ0) is 13.3. The second-order valence-corrected chi connectivity index (χ2v) is 6.41. The minimum Gasteiger partial charge on any atom is -0.383 e. The number of nitrogens with one attached hydrogen (secondary N) is 2. The fourth-order valence-corrected chi connectivity index (χ4v) is 3.55. The highest BCUT2D eigenvalue weighted by atomic mass is 32.2. The number of hydrogen-bond acceptors (Lipinski definition) is 5. The maximum Gasteiger partial charge on any atom is 0.258 e. The minimum absolute atomic E-state index is 0.00697. The number of nitrogens with zero attached hydrogens (tertiary/aromatic N) is 2. The van der Waals surface area contributed by atoms with E-state index in [-0.39, 0.29) is 22.8 Å². The molecule has 8 heteroatoms. The van der Waals surface area contributed by atoms with Crippen molar-refractivity contribution in [1.82, 2.24) is 20.0 Å². The molecule has 2 heterocycles. The van der Waals surface area contributed by atoms with Crippen molar-refractivity contribution in [2.75, 3.05) is 5.73 Å². The first kappa shape index (κ1) is 13.3. The standard InChI is InChI=1S/C10H19N5O2S/c1-7-4-3-5-8(2)15(7)14-18(16,17)9-6-12-13-10(9)11/h6-8,14H,3-5H2,1-2H3,(H3,11,12,13). The first-order chi connectivity index (χ1) is 8.42. The summed E-state index contributed by atoms with van der Waals surface area (Å²) in [5.41, 5.74) is 5.55. The molecule has 1 aliphatic heterocycles. The summed E-state index contributed by atoms with van der Waals surface area (Å²) < 4.78 is 24.4. The smallest absolute Gasteiger partial charge is 0.258 e. The largest absolute Gasteiger partial charge is 0.383 e. The van der Waals surface area contributed by atoms with Crippen LogP contribution in [0.5, 0.6) is 0 Å². The molecule has 0 amide bonds. The molecule has 1 saturated heterocycles. The van der Waals surface area contributed by atoms with Crippen LogP contribution in [0.2, 0.25) is 0 Å². The molecule has 2 unspecified atom stereocenters. The predicted molar refractivity (Wildman–Crippen MR) is 67.9 cm³/mol. The molecule has 18 heavy (non-hydrogen) atoms. The van der Waals surface area contributed by atoms with Crippen molar-refractivity contribution in [3.8, 4) is 0 Å². The predicted octanol–water partition coefficient (Wildman–Crippen LogP) is 0.448. The van der Waals surface area contributed by atoms with Gasteiger partial charge in [0.2, 0.25) is 0 Å². The van der Waals surface area contributed by atoms with E-state index >= 15 is 0 Å². The lowest BCUT2D eigenvalue weighted by molar-refractivity contribution is 0.0790. The van der Waals surface area contributed by atoms with Crippen LogP contribution in [0.3, 0.4) is 0 Å². The fourth-order valence-electron chi connectivity index (χ4n) is 2.29. The Kier molecular flexibility index (Phi) is 3.60. The zero-order valence-electron chi connectivity index (χ0n) is 10.5. The average Bonchev–Trinajstić information content (AvgIpc) is 2.71. The number of hydrazine groups is 1. The van der Waals surface area contributed by atoms with E-state index in [1.54, 1.807) is 5.01 Å². The Labute approximate surface area is 107 Å². The number of rotatable bonds is 3. The number of H-pyrrole nitrogens is 1. The number of hydrogen-bond donors (Lipinski definition) is 3. The van der Waals surface area contributed by atoms with Crippen LogP contribution in [0.25, 0.3) is 0 Å². The van der Waals surface area contributed by atoms with Crippen molar-refractivity contribution in [1.29, 1.82) is 0 Å². The summed E-state index contributed by atoms with van der Waals surface area (Å²) in [7, 11) is -3.66. The third-order valence-electron chi connectivity index (χ3n) is 3.34. The summed E-state index contributed by atoms with van der Waals surface area (Å²) in [6.45, 7) is 4.02. The maximum atomic E-state index is 12.2. The Morgan fingerprint density at radius 3 is 2.56 bits per heavy atom. The summed E-state index contributed by atoms with van der Waals surface area (Å²) >= 11 is 0. The highest BCUT2D eigenvalue weighted by molar-refractivity contribution is 7.89. The van der Waals surface area contributed by atoms with Gasteiger partial charge < -0.3 is 5.73 Å². The van der Waals surface area contributed by atoms with Crippen molar-refractivity contribution in [3.63, 3.8) is 0 Å². The van der Waals surface area contributed by atoms with Crippen molar-refractivity contribution in [2.45, 2.75) is 50.1 Å². The van der Waals surface area contributed by atoms with E-state index in [4.69, 9.17) is 5.73 Å². The second kappa shape index (κ2) is 4.87. The number of anilines is 1. The van der Waals surface area contributed by atoms with Crippen molar-refractivity contribution < 1.29 is 8.42 Å². The van der Waals surface area contributed by atoms with Gasteiger partial charge in [-0.15, -0.1) is 4.83 Å². The molecule has 2 atom stereocenters. The molecule has 7 nitrogen and oxygen atoms in total. The summed E-state index contributed by atoms with van der Waals surface area (Å²) in [5, 5.41) is 7.84. The topological polar surface area (TPSA) is 104 Å². The van der Waals surface area contributed by atoms with Crippen LogP contribution in [-0.4, -0.2) is 35.7 Å². The lowest BCUT2D eigenvalue weighted by Crippen LogP contribution is -2.53. The van der Waals surface area contributed by atoms with E-state index in [0.717, 1.165) is 19.3 Å². The van der Waals surface area contributed by atoms with Gasteiger partial charge in [0.15, 0.2) is 0 Å². The molecule has 0 aromatic carbocycles. The van der Waals surface area contributed by atoms with Gasteiger partial charge >= 0.3 is 0 Å². The molecule has 1 aliphatic rings. The van der Waals surface area contributed by atoms with Gasteiger partial charge in [-0.1, -0.05) is 6.42 Å². The van der Waals surface area contributed by atoms with Crippen LogP contribution in [0.15, 0.2) is 11.1 Å². The van der Waals surface area contributed by atoms with Crippen molar-refractivity contribution >= 4 is 15.8 Å². The molecule has 1 fully saturated rings.